The molecule has 3 heterocycles. The van der Waals surface area contributed by atoms with Gasteiger partial charge in [-0.15, -0.1) is 0 Å². The normalized spacial score (nSPS) is 24.0. The third kappa shape index (κ3) is 3.87. The summed E-state index contributed by atoms with van der Waals surface area (Å²) in [5.74, 6) is 0. The second-order valence-corrected chi connectivity index (χ2v) is 8.12. The van der Waals surface area contributed by atoms with Gasteiger partial charge in [-0.25, -0.2) is 4.79 Å². The van der Waals surface area contributed by atoms with Gasteiger partial charge in [0.2, 0.25) is 0 Å². The molecule has 1 amide bonds. The summed E-state index contributed by atoms with van der Waals surface area (Å²) in [6, 6.07) is 0.0825. The molecule has 146 valence electrons. The van der Waals surface area contributed by atoms with Crippen LogP contribution in [0, 0.1) is 0 Å². The summed E-state index contributed by atoms with van der Waals surface area (Å²) in [7, 11) is 1.85. The minimum absolute atomic E-state index is 0.0596. The van der Waals surface area contributed by atoms with Crippen molar-refractivity contribution in [3.63, 3.8) is 0 Å². The maximum Gasteiger partial charge on any atom is 0.410 e. The Bertz CT molecular complexity index is 667. The van der Waals surface area contributed by atoms with Crippen LogP contribution < -0.4 is 0 Å². The van der Waals surface area contributed by atoms with Gasteiger partial charge < -0.3 is 14.7 Å². The molecule has 2 aliphatic rings. The Labute approximate surface area is 154 Å². The Morgan fingerprint density at radius 3 is 2.73 bits per heavy atom. The Balaban J connectivity index is 1.90. The van der Waals surface area contributed by atoms with Gasteiger partial charge in [-0.1, -0.05) is 6.92 Å². The van der Waals surface area contributed by atoms with E-state index in [4.69, 9.17) is 14.7 Å². The van der Waals surface area contributed by atoms with Gasteiger partial charge in [0, 0.05) is 25.1 Å². The minimum Gasteiger partial charge on any atom is -0.444 e. The van der Waals surface area contributed by atoms with E-state index in [0.29, 0.717) is 19.6 Å². The highest BCUT2D eigenvalue weighted by atomic mass is 16.7. The molecule has 8 nitrogen and oxygen atoms in total. The van der Waals surface area contributed by atoms with E-state index >= 15 is 0 Å². The monoisotopic (exact) mass is 366 g/mol. The first-order chi connectivity index (χ1) is 12.2. The van der Waals surface area contributed by atoms with Crippen LogP contribution in [0.4, 0.5) is 4.79 Å². The summed E-state index contributed by atoms with van der Waals surface area (Å²) in [6.45, 7) is 9.24. The lowest BCUT2D eigenvalue weighted by Gasteiger charge is -2.36. The molecule has 3 rings (SSSR count). The Hall–Kier alpha value is -1.64. The van der Waals surface area contributed by atoms with Gasteiger partial charge in [0.05, 0.1) is 37.6 Å². The summed E-state index contributed by atoms with van der Waals surface area (Å²) in [5, 5.41) is 16.0. The van der Waals surface area contributed by atoms with Crippen molar-refractivity contribution in [2.45, 2.75) is 77.9 Å². The summed E-state index contributed by atoms with van der Waals surface area (Å²) in [6.07, 6.45) is 0.982. The third-order valence-corrected chi connectivity index (χ3v) is 4.83. The zero-order valence-corrected chi connectivity index (χ0v) is 16.4. The Morgan fingerprint density at radius 2 is 2.12 bits per heavy atom. The SMILES string of the molecule is CCC1Cc2nn3c(c2CN1C(=O)OC(C)(C)C)CN(C)OC(CO)C3. The molecule has 0 aliphatic carbocycles. The minimum atomic E-state index is -0.520. The number of hydroxylamine groups is 2. The molecule has 0 saturated heterocycles. The predicted molar refractivity (Wildman–Crippen MR) is 95.2 cm³/mol. The molecule has 0 radical (unpaired) electrons. The number of aliphatic hydroxyl groups is 1. The molecular weight excluding hydrogens is 336 g/mol. The van der Waals surface area contributed by atoms with Crippen LogP contribution >= 0.6 is 0 Å². The lowest BCUT2D eigenvalue weighted by Crippen LogP contribution is -2.46. The van der Waals surface area contributed by atoms with Crippen molar-refractivity contribution >= 4 is 6.09 Å². The molecule has 0 saturated carbocycles. The first-order valence-electron chi connectivity index (χ1n) is 9.27. The van der Waals surface area contributed by atoms with Crippen molar-refractivity contribution < 1.29 is 19.5 Å². The number of rotatable bonds is 2. The van der Waals surface area contributed by atoms with Crippen molar-refractivity contribution in [1.82, 2.24) is 19.7 Å². The molecule has 2 atom stereocenters. The van der Waals surface area contributed by atoms with Crippen molar-refractivity contribution in [2.24, 2.45) is 0 Å². The van der Waals surface area contributed by atoms with Gasteiger partial charge in [-0.05, 0) is 27.2 Å². The number of fused-ring (bicyclic) bond motifs is 3. The summed E-state index contributed by atoms with van der Waals surface area (Å²) >= 11 is 0. The summed E-state index contributed by atoms with van der Waals surface area (Å²) < 4.78 is 7.55. The van der Waals surface area contributed by atoms with Gasteiger partial charge in [0.15, 0.2) is 0 Å². The predicted octanol–water partition coefficient (Wildman–Crippen LogP) is 1.69. The van der Waals surface area contributed by atoms with Gasteiger partial charge in [0.1, 0.15) is 11.7 Å². The van der Waals surface area contributed by atoms with E-state index in [2.05, 4.69) is 6.92 Å². The highest BCUT2D eigenvalue weighted by molar-refractivity contribution is 5.69. The number of carbonyl (C=O) groups excluding carboxylic acids is 1. The summed E-state index contributed by atoms with van der Waals surface area (Å²) in [4.78, 5) is 20.2. The maximum atomic E-state index is 12.7. The number of aromatic nitrogens is 2. The molecular formula is C18H30N4O4. The molecule has 8 heteroatoms. The first-order valence-corrected chi connectivity index (χ1v) is 9.27. The number of ether oxygens (including phenoxy) is 1. The molecule has 1 aromatic rings. The number of hydrogen-bond donors (Lipinski definition) is 1. The molecule has 2 unspecified atom stereocenters. The van der Waals surface area contributed by atoms with Gasteiger partial charge in [-0.3, -0.25) is 9.52 Å². The van der Waals surface area contributed by atoms with Crippen LogP contribution in [0.15, 0.2) is 0 Å². The second-order valence-electron chi connectivity index (χ2n) is 8.12. The van der Waals surface area contributed by atoms with Crippen molar-refractivity contribution in [3.05, 3.63) is 17.0 Å². The molecule has 0 spiro atoms. The van der Waals surface area contributed by atoms with Crippen LogP contribution in [-0.4, -0.2) is 62.3 Å². The molecule has 0 aromatic carbocycles. The third-order valence-electron chi connectivity index (χ3n) is 4.83. The zero-order chi connectivity index (χ0) is 19.1. The summed E-state index contributed by atoms with van der Waals surface area (Å²) in [5.41, 5.74) is 2.64. The fourth-order valence-electron chi connectivity index (χ4n) is 3.62. The maximum absolute atomic E-state index is 12.7. The van der Waals surface area contributed by atoms with Crippen LogP contribution in [0.2, 0.25) is 0 Å². The van der Waals surface area contributed by atoms with Crippen molar-refractivity contribution in [3.8, 4) is 0 Å². The molecule has 0 bridgehead atoms. The lowest BCUT2D eigenvalue weighted by molar-refractivity contribution is -0.194. The van der Waals surface area contributed by atoms with E-state index in [1.807, 2.05) is 37.4 Å². The number of nitrogens with zero attached hydrogens (tertiary/aromatic N) is 4. The topological polar surface area (TPSA) is 80.1 Å². The molecule has 2 aliphatic heterocycles. The quantitative estimate of drug-likeness (QED) is 0.858. The van der Waals surface area contributed by atoms with E-state index in [1.165, 1.54) is 0 Å². The van der Waals surface area contributed by atoms with Gasteiger partial charge in [-0.2, -0.15) is 10.2 Å². The van der Waals surface area contributed by atoms with Gasteiger partial charge >= 0.3 is 6.09 Å². The highest BCUT2D eigenvalue weighted by Crippen LogP contribution is 2.30. The van der Waals surface area contributed by atoms with Crippen LogP contribution in [0.3, 0.4) is 0 Å². The largest absolute Gasteiger partial charge is 0.444 e. The highest BCUT2D eigenvalue weighted by Gasteiger charge is 2.36. The first kappa shape index (κ1) is 19.1. The molecule has 26 heavy (non-hydrogen) atoms. The average Bonchev–Trinajstić information content (AvgIpc) is 2.78. The van der Waals surface area contributed by atoms with Crippen LogP contribution in [-0.2, 0) is 35.6 Å². The number of amides is 1. The van der Waals surface area contributed by atoms with E-state index in [0.717, 1.165) is 29.8 Å². The van der Waals surface area contributed by atoms with Crippen LogP contribution in [0.5, 0.6) is 0 Å². The average molecular weight is 366 g/mol. The number of carbonyl (C=O) groups is 1. The van der Waals surface area contributed by atoms with Gasteiger partial charge in [0.25, 0.3) is 0 Å². The Kier molecular flexibility index (Phi) is 5.28. The second kappa shape index (κ2) is 7.17. The van der Waals surface area contributed by atoms with Crippen molar-refractivity contribution in [1.29, 1.82) is 0 Å². The van der Waals surface area contributed by atoms with Crippen LogP contribution in [0.25, 0.3) is 0 Å². The number of aliphatic hydroxyl groups excluding tert-OH is 1. The standard InChI is InChI=1S/C18H30N4O4/c1-6-12-7-15-14(9-21(12)17(24)25-18(2,3)4)16-10-20(5)26-13(11-23)8-22(16)19-15/h12-13,23H,6-11H2,1-5H3. The zero-order valence-electron chi connectivity index (χ0n) is 16.4. The molecule has 1 N–H and O–H groups in total. The van der Waals surface area contributed by atoms with E-state index in [-0.39, 0.29) is 24.8 Å². The fraction of sp³-hybridized carbons (Fsp3) is 0.778. The molecule has 1 aromatic heterocycles. The lowest BCUT2D eigenvalue weighted by atomic mass is 9.97. The molecule has 0 fully saturated rings. The Morgan fingerprint density at radius 1 is 1.38 bits per heavy atom. The smallest absolute Gasteiger partial charge is 0.410 e. The van der Waals surface area contributed by atoms with Crippen LogP contribution in [0.1, 0.15) is 51.1 Å². The van der Waals surface area contributed by atoms with E-state index in [9.17, 15) is 9.90 Å². The van der Waals surface area contributed by atoms with E-state index < -0.39 is 5.60 Å². The van der Waals surface area contributed by atoms with E-state index in [1.54, 1.807) is 5.06 Å². The fourth-order valence-corrected chi connectivity index (χ4v) is 3.62. The van der Waals surface area contributed by atoms with Crippen molar-refractivity contribution in [2.75, 3.05) is 13.7 Å². The number of hydrogen-bond acceptors (Lipinski definition) is 6.